The van der Waals surface area contributed by atoms with Gasteiger partial charge in [0.2, 0.25) is 17.8 Å². The second-order valence-electron chi connectivity index (χ2n) is 7.91. The van der Waals surface area contributed by atoms with E-state index in [2.05, 4.69) is 27.5 Å². The van der Waals surface area contributed by atoms with Gasteiger partial charge in [-0.1, -0.05) is 12.1 Å². The van der Waals surface area contributed by atoms with Crippen LogP contribution in [-0.2, 0) is 9.59 Å². The number of carbonyl (C=O) groups is 2. The minimum Gasteiger partial charge on any atom is -0.492 e. The predicted molar refractivity (Wildman–Crippen MR) is 118 cm³/mol. The van der Waals surface area contributed by atoms with Gasteiger partial charge in [0.1, 0.15) is 11.6 Å². The lowest BCUT2D eigenvalue weighted by Gasteiger charge is -2.34. The lowest BCUT2D eigenvalue weighted by molar-refractivity contribution is -0.123. The van der Waals surface area contributed by atoms with Gasteiger partial charge >= 0.3 is 0 Å². The number of piperidine rings is 1. The monoisotopic (exact) mass is 425 g/mol. The first-order valence-electron chi connectivity index (χ1n) is 10.7. The van der Waals surface area contributed by atoms with E-state index in [4.69, 9.17) is 4.74 Å². The van der Waals surface area contributed by atoms with Crippen LogP contribution in [0.5, 0.6) is 5.75 Å². The summed E-state index contributed by atoms with van der Waals surface area (Å²) >= 11 is 0. The molecule has 2 aliphatic heterocycles. The molecule has 1 saturated heterocycles. The van der Waals surface area contributed by atoms with Gasteiger partial charge in [0, 0.05) is 19.0 Å². The Morgan fingerprint density at radius 3 is 2.87 bits per heavy atom. The fraction of sp³-hybridized carbons (Fsp3) is 0.455. The molecule has 0 aliphatic carbocycles. The van der Waals surface area contributed by atoms with Gasteiger partial charge in [0.05, 0.1) is 23.8 Å². The van der Waals surface area contributed by atoms with Gasteiger partial charge in [-0.05, 0) is 45.2 Å². The maximum absolute atomic E-state index is 13.1. The second-order valence-corrected chi connectivity index (χ2v) is 7.91. The summed E-state index contributed by atoms with van der Waals surface area (Å²) in [5.41, 5.74) is 0.264. The molecule has 2 amide bonds. The first-order valence-corrected chi connectivity index (χ1v) is 10.7. The number of rotatable bonds is 5. The van der Waals surface area contributed by atoms with Crippen molar-refractivity contribution in [1.29, 1.82) is 0 Å². The molecule has 4 rings (SSSR count). The average molecular weight is 425 g/mol. The van der Waals surface area contributed by atoms with Crippen molar-refractivity contribution in [3.63, 3.8) is 0 Å². The van der Waals surface area contributed by atoms with Crippen molar-refractivity contribution in [2.45, 2.75) is 51.5 Å². The molecular weight excluding hydrogens is 398 g/mol. The minimum atomic E-state index is -0.942. The van der Waals surface area contributed by atoms with Crippen LogP contribution in [0.15, 0.2) is 29.1 Å². The number of para-hydroxylation sites is 2. The molecule has 2 aromatic rings. The van der Waals surface area contributed by atoms with Gasteiger partial charge in [-0.2, -0.15) is 4.98 Å². The van der Waals surface area contributed by atoms with Crippen LogP contribution in [0.4, 0.5) is 17.5 Å². The number of hydrogen-bond donors (Lipinski definition) is 3. The molecule has 2 aliphatic rings. The number of anilines is 3. The number of aromatic amines is 1. The summed E-state index contributed by atoms with van der Waals surface area (Å²) in [6.45, 7) is 5.17. The molecule has 9 heteroatoms. The SMILES string of the molecule is CCOc1ccccc1NC(=O)C1CC(=O)Nc2nc(N3CCCCC3C)[nH]c(=O)c21. The number of fused-ring (bicyclic) bond motifs is 1. The molecule has 1 aromatic carbocycles. The van der Waals surface area contributed by atoms with E-state index >= 15 is 0 Å². The smallest absolute Gasteiger partial charge is 0.258 e. The van der Waals surface area contributed by atoms with Crippen LogP contribution >= 0.6 is 0 Å². The van der Waals surface area contributed by atoms with Gasteiger partial charge in [0.25, 0.3) is 5.56 Å². The van der Waals surface area contributed by atoms with Crippen molar-refractivity contribution < 1.29 is 14.3 Å². The van der Waals surface area contributed by atoms with Crippen LogP contribution in [0.3, 0.4) is 0 Å². The number of amides is 2. The molecular formula is C22H27N5O4. The van der Waals surface area contributed by atoms with Crippen molar-refractivity contribution >= 4 is 29.3 Å². The zero-order valence-electron chi connectivity index (χ0n) is 17.7. The number of H-pyrrole nitrogens is 1. The highest BCUT2D eigenvalue weighted by molar-refractivity contribution is 6.05. The Bertz CT molecular complexity index is 1050. The van der Waals surface area contributed by atoms with E-state index in [0.29, 0.717) is 24.0 Å². The molecule has 3 heterocycles. The fourth-order valence-electron chi connectivity index (χ4n) is 4.20. The van der Waals surface area contributed by atoms with Crippen molar-refractivity contribution in [3.8, 4) is 5.75 Å². The van der Waals surface area contributed by atoms with Crippen LogP contribution in [-0.4, -0.2) is 41.0 Å². The van der Waals surface area contributed by atoms with Gasteiger partial charge in [-0.3, -0.25) is 19.4 Å². The lowest BCUT2D eigenvalue weighted by Crippen LogP contribution is -2.42. The first-order chi connectivity index (χ1) is 15.0. The zero-order chi connectivity index (χ0) is 22.0. The number of ether oxygens (including phenoxy) is 1. The highest BCUT2D eigenvalue weighted by Gasteiger charge is 2.36. The van der Waals surface area contributed by atoms with E-state index < -0.39 is 17.4 Å². The van der Waals surface area contributed by atoms with Crippen molar-refractivity contribution in [3.05, 3.63) is 40.2 Å². The number of hydrogen-bond acceptors (Lipinski definition) is 6. The average Bonchev–Trinajstić information content (AvgIpc) is 2.74. The number of aromatic nitrogens is 2. The molecule has 31 heavy (non-hydrogen) atoms. The van der Waals surface area contributed by atoms with E-state index in [1.165, 1.54) is 0 Å². The summed E-state index contributed by atoms with van der Waals surface area (Å²) < 4.78 is 5.55. The Kier molecular flexibility index (Phi) is 5.92. The number of nitrogens with zero attached hydrogens (tertiary/aromatic N) is 2. The molecule has 0 radical (unpaired) electrons. The normalized spacial score (nSPS) is 20.6. The van der Waals surface area contributed by atoms with Gasteiger partial charge in [-0.15, -0.1) is 0 Å². The molecule has 1 fully saturated rings. The first kappa shape index (κ1) is 20.9. The Morgan fingerprint density at radius 1 is 1.29 bits per heavy atom. The third-order valence-corrected chi connectivity index (χ3v) is 5.77. The molecule has 1 aromatic heterocycles. The summed E-state index contributed by atoms with van der Waals surface area (Å²) in [6.07, 6.45) is 3.04. The van der Waals surface area contributed by atoms with Gasteiger partial charge in [0.15, 0.2) is 0 Å². The van der Waals surface area contributed by atoms with Gasteiger partial charge in [-0.25, -0.2) is 0 Å². The lowest BCUT2D eigenvalue weighted by atomic mass is 9.92. The fourth-order valence-corrected chi connectivity index (χ4v) is 4.20. The zero-order valence-corrected chi connectivity index (χ0v) is 17.7. The minimum absolute atomic E-state index is 0.125. The van der Waals surface area contributed by atoms with Crippen LogP contribution < -0.4 is 25.8 Å². The maximum Gasteiger partial charge on any atom is 0.258 e. The Balaban J connectivity index is 1.65. The molecule has 0 saturated carbocycles. The van der Waals surface area contributed by atoms with Gasteiger partial charge < -0.3 is 20.3 Å². The number of carbonyl (C=O) groups excluding carboxylic acids is 2. The van der Waals surface area contributed by atoms with Crippen LogP contribution in [0.25, 0.3) is 0 Å². The topological polar surface area (TPSA) is 116 Å². The summed E-state index contributed by atoms with van der Waals surface area (Å²) in [7, 11) is 0. The summed E-state index contributed by atoms with van der Waals surface area (Å²) in [4.78, 5) is 47.8. The summed E-state index contributed by atoms with van der Waals surface area (Å²) in [5.74, 6) is -0.621. The Hall–Kier alpha value is -3.36. The van der Waals surface area contributed by atoms with Crippen LogP contribution in [0, 0.1) is 0 Å². The van der Waals surface area contributed by atoms with E-state index in [1.54, 1.807) is 18.2 Å². The summed E-state index contributed by atoms with van der Waals surface area (Å²) in [5, 5.41) is 5.48. The van der Waals surface area contributed by atoms with Crippen molar-refractivity contribution in [1.82, 2.24) is 9.97 Å². The highest BCUT2D eigenvalue weighted by Crippen LogP contribution is 2.32. The Morgan fingerprint density at radius 2 is 2.10 bits per heavy atom. The Labute approximate surface area is 180 Å². The van der Waals surface area contributed by atoms with Crippen LogP contribution in [0.2, 0.25) is 0 Å². The van der Waals surface area contributed by atoms with Crippen molar-refractivity contribution in [2.24, 2.45) is 0 Å². The predicted octanol–water partition coefficient (Wildman–Crippen LogP) is 2.61. The quantitative estimate of drug-likeness (QED) is 0.678. The highest BCUT2D eigenvalue weighted by atomic mass is 16.5. The third-order valence-electron chi connectivity index (χ3n) is 5.77. The van der Waals surface area contributed by atoms with E-state index in [-0.39, 0.29) is 29.8 Å². The second kappa shape index (κ2) is 8.79. The molecule has 0 spiro atoms. The van der Waals surface area contributed by atoms with Crippen LogP contribution in [0.1, 0.15) is 51.0 Å². The molecule has 2 unspecified atom stereocenters. The maximum atomic E-state index is 13.1. The number of benzene rings is 1. The standard InChI is InChI=1S/C22H27N5O4/c1-3-31-16-10-5-4-9-15(16)23-20(29)14-12-17(28)24-19-18(14)21(30)26-22(25-19)27-11-7-6-8-13(27)2/h4-5,9-10,13-14H,3,6-8,11-12H2,1-2H3,(H,23,29)(H2,24,25,26,28,30). The largest absolute Gasteiger partial charge is 0.492 e. The van der Waals surface area contributed by atoms with E-state index in [1.807, 2.05) is 17.9 Å². The van der Waals surface area contributed by atoms with Crippen molar-refractivity contribution in [2.75, 3.05) is 28.7 Å². The molecule has 3 N–H and O–H groups in total. The summed E-state index contributed by atoms with van der Waals surface area (Å²) in [6, 6.07) is 7.29. The molecule has 9 nitrogen and oxygen atoms in total. The molecule has 164 valence electrons. The number of nitrogens with one attached hydrogen (secondary N) is 3. The van der Waals surface area contributed by atoms with E-state index in [0.717, 1.165) is 25.8 Å². The third kappa shape index (κ3) is 4.26. The van der Waals surface area contributed by atoms with E-state index in [9.17, 15) is 14.4 Å². The molecule has 2 atom stereocenters. The molecule has 0 bridgehead atoms.